The Morgan fingerprint density at radius 1 is 0.982 bits per heavy atom. The number of rotatable bonds is 7. The molecule has 7 atom stereocenters. The number of carbonyl (C=O) groups is 4. The highest BCUT2D eigenvalue weighted by atomic mass is 35.5. The Labute approximate surface area is 337 Å². The first-order valence-corrected chi connectivity index (χ1v) is 22.7. The van der Waals surface area contributed by atoms with Crippen LogP contribution in [-0.4, -0.2) is 82.1 Å². The smallest absolute Gasteiger partial charge is 0.306 e. The van der Waals surface area contributed by atoms with Crippen LogP contribution in [0.1, 0.15) is 103 Å². The number of aromatic nitrogens is 2. The molecule has 3 heterocycles. The van der Waals surface area contributed by atoms with E-state index in [9.17, 15) is 32.4 Å². The summed E-state index contributed by atoms with van der Waals surface area (Å²) < 4.78 is 41.9. The van der Waals surface area contributed by atoms with Crippen LogP contribution in [0.3, 0.4) is 0 Å². The molecule has 308 valence electrons. The molecule has 4 aliphatic carbocycles. The molecular weight excluding hydrogens is 774 g/mol. The summed E-state index contributed by atoms with van der Waals surface area (Å²) in [6.45, 7) is 1.98. The number of hydrogen-bond acceptors (Lipinski definition) is 10. The van der Waals surface area contributed by atoms with Crippen molar-refractivity contribution in [1.82, 2.24) is 24.5 Å². The highest BCUT2D eigenvalue weighted by Gasteiger charge is 2.62. The van der Waals surface area contributed by atoms with Gasteiger partial charge in [-0.25, -0.2) is 8.42 Å². The van der Waals surface area contributed by atoms with Crippen LogP contribution in [0.15, 0.2) is 35.1 Å². The quantitative estimate of drug-likeness (QED) is 0.297. The van der Waals surface area contributed by atoms with Crippen LogP contribution < -0.4 is 20.3 Å². The van der Waals surface area contributed by atoms with Gasteiger partial charge in [-0.15, -0.1) is 0 Å². The van der Waals surface area contributed by atoms with Crippen LogP contribution in [0.4, 0.5) is 0 Å². The Morgan fingerprint density at radius 3 is 2.49 bits per heavy atom. The highest BCUT2D eigenvalue weighted by Crippen LogP contribution is 2.47. The van der Waals surface area contributed by atoms with E-state index in [0.29, 0.717) is 35.2 Å². The van der Waals surface area contributed by atoms with Gasteiger partial charge in [-0.3, -0.25) is 33.3 Å². The van der Waals surface area contributed by atoms with Gasteiger partial charge in [0.05, 0.1) is 35.0 Å². The predicted octanol–water partition coefficient (Wildman–Crippen LogP) is 4.55. The Balaban J connectivity index is 1.15. The largest absolute Gasteiger partial charge is 0.462 e. The molecule has 8 rings (SSSR count). The fourth-order valence-electron chi connectivity index (χ4n) is 9.77. The minimum Gasteiger partial charge on any atom is -0.462 e. The zero-order valence-electron chi connectivity index (χ0n) is 32.3. The van der Waals surface area contributed by atoms with Crippen LogP contribution in [0.5, 0.6) is 6.01 Å². The topological polar surface area (TPSA) is 183 Å². The standard InChI is InChI=1S/C41H52ClN5O9S/c1-2-26-22-41(26,39(52)45-57(53,54)29-15-16-29)44-36(49)33-20-28-23-47(33)38(51)31(24-9-5-6-10-24)21-35(48)56-34-13-8-12-25(34)11-4-3-7-18-46-37(50)30-17-14-27(42)19-32(30)43-40(46)55-28/h3,7,14,17,19,24-26,28-29,31,33-34H,2,4-6,8-13,15-16,18,20-23H2,1H3,(H,44,49)(H,45,52)/b7-3+/t25-,26+,28-,31+,33+,34-,41-/m1/s1. The van der Waals surface area contributed by atoms with Crippen LogP contribution in [-0.2, 0) is 40.5 Å². The van der Waals surface area contributed by atoms with Crippen molar-refractivity contribution in [3.05, 3.63) is 45.7 Å². The molecule has 14 nitrogen and oxygen atoms in total. The fourth-order valence-corrected chi connectivity index (χ4v) is 11.3. The van der Waals surface area contributed by atoms with E-state index in [1.165, 1.54) is 9.47 Å². The molecule has 2 aromatic rings. The zero-order valence-corrected chi connectivity index (χ0v) is 33.9. The van der Waals surface area contributed by atoms with Gasteiger partial charge in [-0.1, -0.05) is 49.9 Å². The number of amides is 3. The molecule has 2 bridgehead atoms. The molecule has 1 aromatic carbocycles. The molecule has 1 aromatic heterocycles. The van der Waals surface area contributed by atoms with Gasteiger partial charge in [0.2, 0.25) is 21.8 Å². The lowest BCUT2D eigenvalue weighted by molar-refractivity contribution is -0.156. The lowest BCUT2D eigenvalue weighted by Crippen LogP contribution is -2.57. The van der Waals surface area contributed by atoms with Crippen LogP contribution >= 0.6 is 11.6 Å². The Bertz CT molecular complexity index is 2130. The number of fused-ring (bicyclic) bond motifs is 5. The molecule has 3 amide bonds. The summed E-state index contributed by atoms with van der Waals surface area (Å²) in [7, 11) is -3.88. The normalized spacial score (nSPS) is 31.7. The highest BCUT2D eigenvalue weighted by molar-refractivity contribution is 7.91. The number of nitrogens with one attached hydrogen (secondary N) is 2. The van der Waals surface area contributed by atoms with Crippen molar-refractivity contribution in [3.8, 4) is 6.01 Å². The van der Waals surface area contributed by atoms with Crippen LogP contribution in [0, 0.1) is 23.7 Å². The fraction of sp³-hybridized carbons (Fsp3) is 0.659. The molecule has 57 heavy (non-hydrogen) atoms. The van der Waals surface area contributed by atoms with Gasteiger partial charge < -0.3 is 19.7 Å². The Morgan fingerprint density at radius 2 is 1.75 bits per heavy atom. The Kier molecular flexibility index (Phi) is 11.2. The number of ether oxygens (including phenoxy) is 2. The van der Waals surface area contributed by atoms with Crippen LogP contribution in [0.25, 0.3) is 10.9 Å². The number of esters is 1. The summed E-state index contributed by atoms with van der Waals surface area (Å²) in [5.74, 6) is -3.12. The van der Waals surface area contributed by atoms with E-state index in [0.717, 1.165) is 57.8 Å². The first-order valence-electron chi connectivity index (χ1n) is 20.8. The van der Waals surface area contributed by atoms with Gasteiger partial charge in [0.25, 0.3) is 17.5 Å². The number of nitrogens with zero attached hydrogens (tertiary/aromatic N) is 3. The van der Waals surface area contributed by atoms with Crippen molar-refractivity contribution in [3.63, 3.8) is 0 Å². The predicted molar refractivity (Wildman–Crippen MR) is 211 cm³/mol. The molecule has 6 aliphatic rings. The van der Waals surface area contributed by atoms with Crippen LogP contribution in [0.2, 0.25) is 5.02 Å². The number of allylic oxidation sites excluding steroid dienone is 2. The molecule has 16 heteroatoms. The summed E-state index contributed by atoms with van der Waals surface area (Å²) in [5.41, 5.74) is -1.44. The molecule has 0 spiro atoms. The Hall–Kier alpha value is -3.98. The number of sulfonamides is 1. The molecule has 0 radical (unpaired) electrons. The minimum absolute atomic E-state index is 0.00266. The van der Waals surface area contributed by atoms with E-state index in [1.807, 2.05) is 19.1 Å². The maximum absolute atomic E-state index is 14.9. The first-order chi connectivity index (χ1) is 27.4. The molecule has 2 N–H and O–H groups in total. The second-order valence-electron chi connectivity index (χ2n) is 17.0. The average Bonchev–Trinajstić information content (AvgIpc) is 3.96. The molecule has 0 unspecified atom stereocenters. The summed E-state index contributed by atoms with van der Waals surface area (Å²) in [4.78, 5) is 76.9. The number of benzene rings is 1. The maximum Gasteiger partial charge on any atom is 0.306 e. The summed E-state index contributed by atoms with van der Waals surface area (Å²) in [6.07, 6.45) is 12.0. The van der Waals surface area contributed by atoms with E-state index in [4.69, 9.17) is 26.1 Å². The summed E-state index contributed by atoms with van der Waals surface area (Å²) in [5, 5.41) is 3.03. The van der Waals surface area contributed by atoms with Crippen molar-refractivity contribution < 1.29 is 37.1 Å². The van der Waals surface area contributed by atoms with Gasteiger partial charge in [-0.05, 0) is 100 Å². The van der Waals surface area contributed by atoms with Crippen molar-refractivity contribution in [2.24, 2.45) is 23.7 Å². The van der Waals surface area contributed by atoms with E-state index >= 15 is 0 Å². The van der Waals surface area contributed by atoms with Crippen molar-refractivity contribution in [1.29, 1.82) is 0 Å². The molecule has 4 saturated carbocycles. The SMILES string of the molecule is CC[C@H]1C[C@]1(NC(=O)[C@@H]1C[C@@H]2CN1C(=O)[C@H](C1CCCC1)CC(=O)O[C@@H]1CCC[C@H]1CC/C=C/Cn1c(nc3cc(Cl)ccc3c1=O)O2)C(=O)NS(=O)(=O)C1CC1. The van der Waals surface area contributed by atoms with Gasteiger partial charge >= 0.3 is 5.97 Å². The second kappa shape index (κ2) is 16.0. The monoisotopic (exact) mass is 825 g/mol. The lowest BCUT2D eigenvalue weighted by atomic mass is 9.86. The van der Waals surface area contributed by atoms with Crippen molar-refractivity contribution in [2.45, 2.75) is 139 Å². The van der Waals surface area contributed by atoms with Gasteiger partial charge in [0, 0.05) is 18.0 Å². The molecule has 1 saturated heterocycles. The number of halogens is 1. The third kappa shape index (κ3) is 8.20. The third-order valence-electron chi connectivity index (χ3n) is 13.3. The maximum atomic E-state index is 14.9. The van der Waals surface area contributed by atoms with Gasteiger partial charge in [0.15, 0.2) is 0 Å². The van der Waals surface area contributed by atoms with E-state index in [1.54, 1.807) is 18.2 Å². The second-order valence-corrected chi connectivity index (χ2v) is 19.4. The first kappa shape index (κ1) is 39.8. The zero-order chi connectivity index (χ0) is 40.1. The average molecular weight is 826 g/mol. The minimum atomic E-state index is -3.88. The van der Waals surface area contributed by atoms with Gasteiger partial charge in [-0.2, -0.15) is 4.98 Å². The molecule has 5 fully saturated rings. The van der Waals surface area contributed by atoms with E-state index in [2.05, 4.69) is 10.0 Å². The lowest BCUT2D eigenvalue weighted by Gasteiger charge is -2.32. The number of carbonyl (C=O) groups excluding carboxylic acids is 4. The third-order valence-corrected chi connectivity index (χ3v) is 15.3. The van der Waals surface area contributed by atoms with E-state index in [-0.39, 0.29) is 73.7 Å². The van der Waals surface area contributed by atoms with E-state index < -0.39 is 56.7 Å². The summed E-state index contributed by atoms with van der Waals surface area (Å²) >= 11 is 6.31. The molecule has 2 aliphatic heterocycles. The summed E-state index contributed by atoms with van der Waals surface area (Å²) in [6, 6.07) is 3.73. The van der Waals surface area contributed by atoms with Crippen molar-refractivity contribution >= 4 is 56.2 Å². The van der Waals surface area contributed by atoms with Crippen molar-refractivity contribution in [2.75, 3.05) is 6.54 Å². The van der Waals surface area contributed by atoms with Gasteiger partial charge in [0.1, 0.15) is 23.8 Å². The number of hydrogen-bond donors (Lipinski definition) is 2. The molecular formula is C41H52ClN5O9S.